The monoisotopic (exact) mass is 180 g/mol. The predicted octanol–water partition coefficient (Wildman–Crippen LogP) is 0.800. The van der Waals surface area contributed by atoms with Crippen LogP contribution in [0.4, 0.5) is 5.69 Å². The van der Waals surface area contributed by atoms with Crippen molar-refractivity contribution in [3.8, 4) is 0 Å². The lowest BCUT2D eigenvalue weighted by Crippen LogP contribution is -2.22. The number of aromatic nitrogens is 2. The Kier molecular flexibility index (Phi) is 2.22. The highest BCUT2D eigenvalue weighted by Crippen LogP contribution is 2.18. The summed E-state index contributed by atoms with van der Waals surface area (Å²) in [5, 5.41) is 14.0. The molecule has 1 aliphatic rings. The molecule has 0 spiro atoms. The SMILES string of the molecule is Cc1n[nH]c(C)c1NC1CCNC1. The summed E-state index contributed by atoms with van der Waals surface area (Å²) < 4.78 is 0. The van der Waals surface area contributed by atoms with E-state index < -0.39 is 0 Å². The third-order valence-corrected chi connectivity index (χ3v) is 2.54. The number of H-pyrrole nitrogens is 1. The first kappa shape index (κ1) is 8.56. The zero-order valence-corrected chi connectivity index (χ0v) is 8.15. The Morgan fingerprint density at radius 2 is 2.31 bits per heavy atom. The average Bonchev–Trinajstić information content (AvgIpc) is 2.70. The number of anilines is 1. The van der Waals surface area contributed by atoms with Gasteiger partial charge in [0, 0.05) is 12.6 Å². The van der Waals surface area contributed by atoms with Crippen molar-refractivity contribution in [2.45, 2.75) is 26.3 Å². The van der Waals surface area contributed by atoms with Crippen molar-refractivity contribution in [1.29, 1.82) is 0 Å². The van der Waals surface area contributed by atoms with Gasteiger partial charge in [0.15, 0.2) is 0 Å². The minimum Gasteiger partial charge on any atom is -0.378 e. The zero-order valence-electron chi connectivity index (χ0n) is 8.15. The fraction of sp³-hybridized carbons (Fsp3) is 0.667. The van der Waals surface area contributed by atoms with E-state index in [2.05, 4.69) is 20.8 Å². The molecule has 1 fully saturated rings. The van der Waals surface area contributed by atoms with Crippen LogP contribution in [-0.2, 0) is 0 Å². The van der Waals surface area contributed by atoms with Crippen LogP contribution >= 0.6 is 0 Å². The van der Waals surface area contributed by atoms with E-state index in [9.17, 15) is 0 Å². The van der Waals surface area contributed by atoms with Crippen molar-refractivity contribution in [3.63, 3.8) is 0 Å². The molecule has 0 saturated carbocycles. The Bertz CT molecular complexity index is 266. The smallest absolute Gasteiger partial charge is 0.0825 e. The minimum atomic E-state index is 0.565. The molecule has 13 heavy (non-hydrogen) atoms. The number of aryl methyl sites for hydroxylation is 2. The molecule has 0 aromatic carbocycles. The summed E-state index contributed by atoms with van der Waals surface area (Å²) in [6.45, 7) is 6.25. The van der Waals surface area contributed by atoms with Crippen molar-refractivity contribution in [2.75, 3.05) is 18.4 Å². The highest BCUT2D eigenvalue weighted by molar-refractivity contribution is 5.52. The Hall–Kier alpha value is -1.03. The average molecular weight is 180 g/mol. The molecule has 2 rings (SSSR count). The first-order valence-corrected chi connectivity index (χ1v) is 4.76. The largest absolute Gasteiger partial charge is 0.378 e. The maximum atomic E-state index is 4.15. The predicted molar refractivity (Wildman–Crippen MR) is 53.0 cm³/mol. The van der Waals surface area contributed by atoms with Crippen LogP contribution < -0.4 is 10.6 Å². The molecule has 1 aromatic heterocycles. The molecule has 1 aromatic rings. The van der Waals surface area contributed by atoms with Crippen LogP contribution in [0, 0.1) is 13.8 Å². The van der Waals surface area contributed by atoms with Crippen LogP contribution in [0.25, 0.3) is 0 Å². The van der Waals surface area contributed by atoms with E-state index in [1.165, 1.54) is 12.1 Å². The van der Waals surface area contributed by atoms with Gasteiger partial charge in [0.1, 0.15) is 0 Å². The van der Waals surface area contributed by atoms with Crippen molar-refractivity contribution in [3.05, 3.63) is 11.4 Å². The van der Waals surface area contributed by atoms with Crippen molar-refractivity contribution in [1.82, 2.24) is 15.5 Å². The molecule has 0 radical (unpaired) electrons. The van der Waals surface area contributed by atoms with E-state index in [0.29, 0.717) is 6.04 Å². The van der Waals surface area contributed by atoms with Gasteiger partial charge in [0.2, 0.25) is 0 Å². The van der Waals surface area contributed by atoms with Gasteiger partial charge in [-0.1, -0.05) is 0 Å². The summed E-state index contributed by atoms with van der Waals surface area (Å²) in [6, 6.07) is 0.565. The van der Waals surface area contributed by atoms with Gasteiger partial charge in [-0.15, -0.1) is 0 Å². The number of rotatable bonds is 2. The van der Waals surface area contributed by atoms with Gasteiger partial charge in [-0.05, 0) is 26.8 Å². The fourth-order valence-electron chi connectivity index (χ4n) is 1.75. The molecule has 1 atom stereocenters. The van der Waals surface area contributed by atoms with Crippen molar-refractivity contribution < 1.29 is 0 Å². The Morgan fingerprint density at radius 3 is 2.85 bits per heavy atom. The molecule has 1 unspecified atom stereocenters. The standard InChI is InChI=1S/C9H16N4/c1-6-9(7(2)13-12-6)11-8-3-4-10-5-8/h8,10-11H,3-5H2,1-2H3,(H,12,13). The highest BCUT2D eigenvalue weighted by Gasteiger charge is 2.16. The molecule has 3 N–H and O–H groups in total. The lowest BCUT2D eigenvalue weighted by molar-refractivity contribution is 0.791. The second-order valence-corrected chi connectivity index (χ2v) is 3.64. The quantitative estimate of drug-likeness (QED) is 0.631. The van der Waals surface area contributed by atoms with Gasteiger partial charge >= 0.3 is 0 Å². The van der Waals surface area contributed by atoms with Crippen LogP contribution in [0.5, 0.6) is 0 Å². The summed E-state index contributed by atoms with van der Waals surface area (Å²) in [4.78, 5) is 0. The number of aromatic amines is 1. The molecule has 4 heteroatoms. The summed E-state index contributed by atoms with van der Waals surface area (Å²) in [5.74, 6) is 0. The molecule has 0 bridgehead atoms. The molecule has 0 amide bonds. The van der Waals surface area contributed by atoms with Gasteiger partial charge < -0.3 is 10.6 Å². The topological polar surface area (TPSA) is 52.7 Å². The molecular weight excluding hydrogens is 164 g/mol. The van der Waals surface area contributed by atoms with E-state index in [4.69, 9.17) is 0 Å². The molecule has 4 nitrogen and oxygen atoms in total. The molecule has 1 saturated heterocycles. The Morgan fingerprint density at radius 1 is 1.46 bits per heavy atom. The fourth-order valence-corrected chi connectivity index (χ4v) is 1.75. The molecular formula is C9H16N4. The Balaban J connectivity index is 2.07. The molecule has 2 heterocycles. The van der Waals surface area contributed by atoms with E-state index in [1.807, 2.05) is 13.8 Å². The molecule has 1 aliphatic heterocycles. The third kappa shape index (κ3) is 1.67. The van der Waals surface area contributed by atoms with Crippen LogP contribution in [0.3, 0.4) is 0 Å². The van der Waals surface area contributed by atoms with Gasteiger partial charge in [0.25, 0.3) is 0 Å². The number of nitrogens with zero attached hydrogens (tertiary/aromatic N) is 1. The number of hydrogen-bond donors (Lipinski definition) is 3. The van der Waals surface area contributed by atoms with E-state index in [1.54, 1.807) is 0 Å². The van der Waals surface area contributed by atoms with Crippen LogP contribution in [0.1, 0.15) is 17.8 Å². The maximum absolute atomic E-state index is 4.15. The minimum absolute atomic E-state index is 0.565. The molecule has 72 valence electrons. The normalized spacial score (nSPS) is 22.2. The summed E-state index contributed by atoms with van der Waals surface area (Å²) in [7, 11) is 0. The first-order chi connectivity index (χ1) is 6.27. The molecule has 0 aliphatic carbocycles. The van der Waals surface area contributed by atoms with Gasteiger partial charge in [-0.25, -0.2) is 0 Å². The lowest BCUT2D eigenvalue weighted by Gasteiger charge is -2.12. The van der Waals surface area contributed by atoms with Gasteiger partial charge in [-0.3, -0.25) is 5.10 Å². The van der Waals surface area contributed by atoms with Crippen molar-refractivity contribution >= 4 is 5.69 Å². The van der Waals surface area contributed by atoms with E-state index in [-0.39, 0.29) is 0 Å². The number of nitrogens with one attached hydrogen (secondary N) is 3. The van der Waals surface area contributed by atoms with E-state index >= 15 is 0 Å². The van der Waals surface area contributed by atoms with Crippen molar-refractivity contribution in [2.24, 2.45) is 0 Å². The van der Waals surface area contributed by atoms with Gasteiger partial charge in [0.05, 0.1) is 17.1 Å². The second kappa shape index (κ2) is 3.38. The van der Waals surface area contributed by atoms with Crippen LogP contribution in [0.2, 0.25) is 0 Å². The highest BCUT2D eigenvalue weighted by atomic mass is 15.2. The maximum Gasteiger partial charge on any atom is 0.0825 e. The van der Waals surface area contributed by atoms with E-state index in [0.717, 1.165) is 24.5 Å². The Labute approximate surface area is 78.1 Å². The lowest BCUT2D eigenvalue weighted by atomic mass is 10.2. The second-order valence-electron chi connectivity index (χ2n) is 3.64. The summed E-state index contributed by atoms with van der Waals surface area (Å²) >= 11 is 0. The van der Waals surface area contributed by atoms with Gasteiger partial charge in [-0.2, -0.15) is 5.10 Å². The zero-order chi connectivity index (χ0) is 9.26. The van der Waals surface area contributed by atoms with Crippen LogP contribution in [0.15, 0.2) is 0 Å². The summed E-state index contributed by atoms with van der Waals surface area (Å²) in [6.07, 6.45) is 1.20. The first-order valence-electron chi connectivity index (χ1n) is 4.76. The summed E-state index contributed by atoms with van der Waals surface area (Å²) in [5.41, 5.74) is 3.36. The van der Waals surface area contributed by atoms with Crippen LogP contribution in [-0.4, -0.2) is 29.3 Å². The number of hydrogen-bond acceptors (Lipinski definition) is 3. The third-order valence-electron chi connectivity index (χ3n) is 2.54.